The normalized spacial score (nSPS) is 14.6. The predicted octanol–water partition coefficient (Wildman–Crippen LogP) is 6.28. The van der Waals surface area contributed by atoms with Crippen LogP contribution in [0, 0.1) is 10.5 Å². The van der Waals surface area contributed by atoms with Crippen molar-refractivity contribution >= 4 is 56.5 Å². The maximum atomic E-state index is 12.4. The Bertz CT molecular complexity index is 1020. The SMILES string of the molecule is CCCCOc1c(Br)cc(/C=C2\N=C(c3ccc(I)c(C)c3)OC2=O)cc1OCC. The van der Waals surface area contributed by atoms with Crippen LogP contribution in [0.4, 0.5) is 0 Å². The number of aryl methyl sites for hydroxylation is 1. The number of rotatable bonds is 8. The van der Waals surface area contributed by atoms with Gasteiger partial charge < -0.3 is 14.2 Å². The molecule has 0 atom stereocenters. The van der Waals surface area contributed by atoms with Crippen LogP contribution in [0.2, 0.25) is 0 Å². The van der Waals surface area contributed by atoms with Crippen LogP contribution in [0.1, 0.15) is 43.4 Å². The average Bonchev–Trinajstić information content (AvgIpc) is 3.06. The highest BCUT2D eigenvalue weighted by Gasteiger charge is 2.25. The summed E-state index contributed by atoms with van der Waals surface area (Å²) in [5.41, 5.74) is 2.90. The van der Waals surface area contributed by atoms with E-state index in [1.807, 2.05) is 44.2 Å². The first-order valence-electron chi connectivity index (χ1n) is 9.81. The number of cyclic esters (lactones) is 1. The van der Waals surface area contributed by atoms with Gasteiger partial charge in [-0.2, -0.15) is 0 Å². The van der Waals surface area contributed by atoms with E-state index < -0.39 is 5.97 Å². The minimum absolute atomic E-state index is 0.246. The first kappa shape index (κ1) is 22.8. The molecule has 1 aliphatic heterocycles. The van der Waals surface area contributed by atoms with Gasteiger partial charge in [-0.15, -0.1) is 0 Å². The Hall–Kier alpha value is -1.87. The molecule has 0 aromatic heterocycles. The van der Waals surface area contributed by atoms with Crippen LogP contribution < -0.4 is 9.47 Å². The number of nitrogens with zero attached hydrogens (tertiary/aromatic N) is 1. The van der Waals surface area contributed by atoms with Crippen molar-refractivity contribution in [3.8, 4) is 11.5 Å². The van der Waals surface area contributed by atoms with Crippen molar-refractivity contribution in [2.24, 2.45) is 4.99 Å². The minimum atomic E-state index is -0.474. The van der Waals surface area contributed by atoms with Crippen molar-refractivity contribution in [3.63, 3.8) is 0 Å². The summed E-state index contributed by atoms with van der Waals surface area (Å²) in [7, 11) is 0. The summed E-state index contributed by atoms with van der Waals surface area (Å²) >= 11 is 5.83. The Labute approximate surface area is 198 Å². The summed E-state index contributed by atoms with van der Waals surface area (Å²) in [5, 5.41) is 0. The van der Waals surface area contributed by atoms with E-state index in [4.69, 9.17) is 14.2 Å². The van der Waals surface area contributed by atoms with Gasteiger partial charge in [0.05, 0.1) is 17.7 Å². The summed E-state index contributed by atoms with van der Waals surface area (Å²) in [6, 6.07) is 9.57. The molecule has 1 heterocycles. The fourth-order valence-corrected chi connectivity index (χ4v) is 3.77. The minimum Gasteiger partial charge on any atom is -0.490 e. The smallest absolute Gasteiger partial charge is 0.363 e. The summed E-state index contributed by atoms with van der Waals surface area (Å²) in [6.45, 7) is 7.17. The number of halogens is 2. The molecule has 5 nitrogen and oxygen atoms in total. The fourth-order valence-electron chi connectivity index (χ4n) is 2.86. The second kappa shape index (κ2) is 10.4. The molecular formula is C23H23BrINO4. The Kier molecular flexibility index (Phi) is 7.93. The molecule has 2 aromatic rings. The maximum Gasteiger partial charge on any atom is 0.363 e. The molecule has 0 bridgehead atoms. The Morgan fingerprint density at radius 1 is 1.20 bits per heavy atom. The van der Waals surface area contributed by atoms with Gasteiger partial charge in [0.25, 0.3) is 0 Å². The molecule has 0 N–H and O–H groups in total. The predicted molar refractivity (Wildman–Crippen MR) is 130 cm³/mol. The molecule has 0 fully saturated rings. The van der Waals surface area contributed by atoms with E-state index in [-0.39, 0.29) is 5.70 Å². The molecule has 30 heavy (non-hydrogen) atoms. The van der Waals surface area contributed by atoms with Crippen LogP contribution in [0.25, 0.3) is 6.08 Å². The third-order valence-electron chi connectivity index (χ3n) is 4.40. The molecule has 3 rings (SSSR count). The summed E-state index contributed by atoms with van der Waals surface area (Å²) in [4.78, 5) is 16.8. The van der Waals surface area contributed by atoms with Crippen LogP contribution in [0.5, 0.6) is 11.5 Å². The third kappa shape index (κ3) is 5.43. The number of carbonyl (C=O) groups is 1. The van der Waals surface area contributed by atoms with Crippen LogP contribution in [-0.2, 0) is 9.53 Å². The molecule has 0 saturated carbocycles. The highest BCUT2D eigenvalue weighted by Crippen LogP contribution is 2.38. The summed E-state index contributed by atoms with van der Waals surface area (Å²) in [5.74, 6) is 1.13. The molecule has 0 spiro atoms. The van der Waals surface area contributed by atoms with Gasteiger partial charge in [0.1, 0.15) is 0 Å². The summed E-state index contributed by atoms with van der Waals surface area (Å²) in [6.07, 6.45) is 3.71. The number of aliphatic imine (C=N–C) groups is 1. The van der Waals surface area contributed by atoms with Gasteiger partial charge in [-0.3, -0.25) is 0 Å². The first-order valence-corrected chi connectivity index (χ1v) is 11.7. The number of ether oxygens (including phenoxy) is 3. The van der Waals surface area contributed by atoms with Crippen LogP contribution >= 0.6 is 38.5 Å². The standard InChI is InChI=1S/C23H23BrINO4/c1-4-6-9-29-21-17(24)11-15(13-20(21)28-5-2)12-19-23(27)30-22(26-19)16-7-8-18(25)14(3)10-16/h7-8,10-13H,4-6,9H2,1-3H3/b19-12-. The monoisotopic (exact) mass is 583 g/mol. The van der Waals surface area contributed by atoms with Crippen molar-refractivity contribution in [3.05, 3.63) is 60.8 Å². The van der Waals surface area contributed by atoms with E-state index in [9.17, 15) is 4.79 Å². The number of esters is 1. The molecule has 0 saturated heterocycles. The first-order chi connectivity index (χ1) is 14.4. The molecule has 0 unspecified atom stereocenters. The average molecular weight is 584 g/mol. The summed E-state index contributed by atoms with van der Waals surface area (Å²) < 4.78 is 19.0. The molecule has 0 radical (unpaired) electrons. The quantitative estimate of drug-likeness (QED) is 0.159. The van der Waals surface area contributed by atoms with Crippen molar-refractivity contribution in [2.75, 3.05) is 13.2 Å². The number of benzene rings is 2. The Morgan fingerprint density at radius 2 is 2.00 bits per heavy atom. The van der Waals surface area contributed by atoms with Crippen LogP contribution in [-0.4, -0.2) is 25.1 Å². The number of carbonyl (C=O) groups excluding carboxylic acids is 1. The fraction of sp³-hybridized carbons (Fsp3) is 0.304. The van der Waals surface area contributed by atoms with E-state index in [1.165, 1.54) is 0 Å². The van der Waals surface area contributed by atoms with E-state index in [0.717, 1.165) is 37.6 Å². The highest BCUT2D eigenvalue weighted by molar-refractivity contribution is 14.1. The Balaban J connectivity index is 1.92. The third-order valence-corrected chi connectivity index (χ3v) is 6.20. The van der Waals surface area contributed by atoms with Crippen molar-refractivity contribution < 1.29 is 19.0 Å². The van der Waals surface area contributed by atoms with Gasteiger partial charge in [0.15, 0.2) is 17.2 Å². The number of unbranched alkanes of at least 4 members (excludes halogenated alkanes) is 1. The topological polar surface area (TPSA) is 57.1 Å². The number of hydrogen-bond donors (Lipinski definition) is 0. The lowest BCUT2D eigenvalue weighted by Gasteiger charge is -2.14. The van der Waals surface area contributed by atoms with E-state index in [1.54, 1.807) is 6.08 Å². The van der Waals surface area contributed by atoms with Gasteiger partial charge in [-0.25, -0.2) is 9.79 Å². The molecule has 2 aromatic carbocycles. The lowest BCUT2D eigenvalue weighted by molar-refractivity contribution is -0.129. The van der Waals surface area contributed by atoms with E-state index in [2.05, 4.69) is 50.4 Å². The Morgan fingerprint density at radius 3 is 2.70 bits per heavy atom. The van der Waals surface area contributed by atoms with Crippen LogP contribution in [0.15, 0.2) is 45.5 Å². The lowest BCUT2D eigenvalue weighted by atomic mass is 10.1. The van der Waals surface area contributed by atoms with Crippen molar-refractivity contribution in [1.82, 2.24) is 0 Å². The van der Waals surface area contributed by atoms with Gasteiger partial charge in [0, 0.05) is 9.13 Å². The van der Waals surface area contributed by atoms with Gasteiger partial charge in [0.2, 0.25) is 5.90 Å². The van der Waals surface area contributed by atoms with Crippen molar-refractivity contribution in [1.29, 1.82) is 0 Å². The van der Waals surface area contributed by atoms with Gasteiger partial charge in [-0.1, -0.05) is 13.3 Å². The zero-order chi connectivity index (χ0) is 21.7. The zero-order valence-electron chi connectivity index (χ0n) is 17.1. The second-order valence-electron chi connectivity index (χ2n) is 6.77. The van der Waals surface area contributed by atoms with Gasteiger partial charge in [-0.05, 0) is 106 Å². The van der Waals surface area contributed by atoms with E-state index >= 15 is 0 Å². The van der Waals surface area contributed by atoms with Crippen LogP contribution in [0.3, 0.4) is 0 Å². The molecule has 7 heteroatoms. The largest absolute Gasteiger partial charge is 0.490 e. The molecule has 0 amide bonds. The second-order valence-corrected chi connectivity index (χ2v) is 8.78. The lowest BCUT2D eigenvalue weighted by Crippen LogP contribution is -2.05. The van der Waals surface area contributed by atoms with Gasteiger partial charge >= 0.3 is 5.97 Å². The molecule has 158 valence electrons. The number of hydrogen-bond acceptors (Lipinski definition) is 5. The highest BCUT2D eigenvalue weighted by atomic mass is 127. The molecule has 0 aliphatic carbocycles. The molecule has 1 aliphatic rings. The molecular weight excluding hydrogens is 561 g/mol. The maximum absolute atomic E-state index is 12.4. The zero-order valence-corrected chi connectivity index (χ0v) is 20.9. The van der Waals surface area contributed by atoms with E-state index in [0.29, 0.717) is 30.6 Å². The van der Waals surface area contributed by atoms with Crippen molar-refractivity contribution in [2.45, 2.75) is 33.6 Å².